The van der Waals surface area contributed by atoms with Crippen molar-refractivity contribution in [2.24, 2.45) is 0 Å². The summed E-state index contributed by atoms with van der Waals surface area (Å²) < 4.78 is 6.17. The lowest BCUT2D eigenvalue weighted by molar-refractivity contribution is 0.0601. The number of hydrogen-bond donors (Lipinski definition) is 1. The standard InChI is InChI=1S/C12H10N4O2S/c1-18-12(17)7-5-9(13)16-10(6-7)14-11(15-16)8-3-2-4-19-8/h2-6H,13H2,1H3. The van der Waals surface area contributed by atoms with E-state index in [1.54, 1.807) is 17.4 Å². The summed E-state index contributed by atoms with van der Waals surface area (Å²) in [5.74, 6) is 0.479. The average Bonchev–Trinajstić information content (AvgIpc) is 3.05. The number of carbonyl (C=O) groups excluding carboxylic acids is 1. The van der Waals surface area contributed by atoms with Crippen LogP contribution in [-0.2, 0) is 4.74 Å². The van der Waals surface area contributed by atoms with Crippen molar-refractivity contribution in [2.45, 2.75) is 0 Å². The van der Waals surface area contributed by atoms with Crippen LogP contribution in [0.3, 0.4) is 0 Å². The predicted molar refractivity (Wildman–Crippen MR) is 72.1 cm³/mol. The summed E-state index contributed by atoms with van der Waals surface area (Å²) in [4.78, 5) is 16.8. The van der Waals surface area contributed by atoms with Crippen LogP contribution in [0.5, 0.6) is 0 Å². The van der Waals surface area contributed by atoms with Gasteiger partial charge in [-0.2, -0.15) is 4.52 Å². The zero-order chi connectivity index (χ0) is 13.4. The van der Waals surface area contributed by atoms with Crippen LogP contribution in [0, 0.1) is 0 Å². The number of hydrogen-bond acceptors (Lipinski definition) is 6. The van der Waals surface area contributed by atoms with Gasteiger partial charge in [-0.1, -0.05) is 6.07 Å². The van der Waals surface area contributed by atoms with Gasteiger partial charge in [-0.05, 0) is 23.6 Å². The number of nitrogens with two attached hydrogens (primary N) is 1. The highest BCUT2D eigenvalue weighted by Gasteiger charge is 2.13. The Morgan fingerprint density at radius 2 is 2.32 bits per heavy atom. The highest BCUT2D eigenvalue weighted by molar-refractivity contribution is 7.13. The first-order valence-electron chi connectivity index (χ1n) is 5.47. The minimum Gasteiger partial charge on any atom is -0.465 e. The summed E-state index contributed by atoms with van der Waals surface area (Å²) in [6.45, 7) is 0. The molecule has 0 amide bonds. The quantitative estimate of drug-likeness (QED) is 0.721. The molecule has 3 rings (SSSR count). The molecule has 0 saturated heterocycles. The van der Waals surface area contributed by atoms with Crippen molar-refractivity contribution in [1.82, 2.24) is 14.6 Å². The Bertz CT molecular complexity index is 749. The lowest BCUT2D eigenvalue weighted by Crippen LogP contribution is -2.06. The molecule has 0 atom stereocenters. The molecule has 0 bridgehead atoms. The molecule has 2 N–H and O–H groups in total. The molecule has 0 saturated carbocycles. The summed E-state index contributed by atoms with van der Waals surface area (Å²) in [6.07, 6.45) is 0. The maximum atomic E-state index is 11.5. The second kappa shape index (κ2) is 4.36. The molecule has 19 heavy (non-hydrogen) atoms. The van der Waals surface area contributed by atoms with Gasteiger partial charge in [0.05, 0.1) is 17.6 Å². The molecule has 3 aromatic rings. The maximum Gasteiger partial charge on any atom is 0.338 e. The van der Waals surface area contributed by atoms with E-state index in [-0.39, 0.29) is 0 Å². The monoisotopic (exact) mass is 274 g/mol. The smallest absolute Gasteiger partial charge is 0.338 e. The SMILES string of the molecule is COC(=O)c1cc(N)n2nc(-c3cccs3)nc2c1. The summed E-state index contributed by atoms with van der Waals surface area (Å²) in [5, 5.41) is 6.27. The Balaban J connectivity index is 2.17. The van der Waals surface area contributed by atoms with E-state index in [1.807, 2.05) is 17.5 Å². The van der Waals surface area contributed by atoms with E-state index in [0.29, 0.717) is 22.9 Å². The van der Waals surface area contributed by atoms with E-state index in [2.05, 4.69) is 14.8 Å². The highest BCUT2D eigenvalue weighted by atomic mass is 32.1. The van der Waals surface area contributed by atoms with Gasteiger partial charge in [0.25, 0.3) is 0 Å². The molecule has 6 nitrogen and oxygen atoms in total. The predicted octanol–water partition coefficient (Wildman–Crippen LogP) is 1.83. The van der Waals surface area contributed by atoms with Crippen molar-refractivity contribution < 1.29 is 9.53 Å². The third-order valence-corrected chi connectivity index (χ3v) is 3.49. The molecule has 3 aromatic heterocycles. The number of nitrogens with zero attached hydrogens (tertiary/aromatic N) is 3. The van der Waals surface area contributed by atoms with Gasteiger partial charge < -0.3 is 10.5 Å². The van der Waals surface area contributed by atoms with Gasteiger partial charge in [-0.3, -0.25) is 0 Å². The number of fused-ring (bicyclic) bond motifs is 1. The molecule has 0 aliphatic carbocycles. The summed E-state index contributed by atoms with van der Waals surface area (Å²) in [7, 11) is 1.32. The van der Waals surface area contributed by atoms with E-state index in [0.717, 1.165) is 4.88 Å². The molecular weight excluding hydrogens is 264 g/mol. The van der Waals surface area contributed by atoms with Crippen LogP contribution in [0.25, 0.3) is 16.3 Å². The van der Waals surface area contributed by atoms with Crippen LogP contribution in [0.4, 0.5) is 5.82 Å². The Kier molecular flexibility index (Phi) is 2.68. The Labute approximate surface area is 112 Å². The molecule has 0 aliphatic heterocycles. The number of esters is 1. The number of nitrogen functional groups attached to an aromatic ring is 1. The molecule has 0 spiro atoms. The van der Waals surface area contributed by atoms with Crippen molar-refractivity contribution in [3.05, 3.63) is 35.2 Å². The normalized spacial score (nSPS) is 10.8. The summed E-state index contributed by atoms with van der Waals surface area (Å²) in [6, 6.07) is 6.98. The fourth-order valence-corrected chi connectivity index (χ4v) is 2.41. The molecule has 0 radical (unpaired) electrons. The first-order chi connectivity index (χ1) is 9.19. The number of aromatic nitrogens is 3. The fourth-order valence-electron chi connectivity index (χ4n) is 1.75. The van der Waals surface area contributed by atoms with Gasteiger partial charge in [-0.25, -0.2) is 9.78 Å². The largest absolute Gasteiger partial charge is 0.465 e. The summed E-state index contributed by atoms with van der Waals surface area (Å²) in [5.41, 5.74) is 6.75. The van der Waals surface area contributed by atoms with E-state index < -0.39 is 5.97 Å². The third-order valence-electron chi connectivity index (χ3n) is 2.63. The van der Waals surface area contributed by atoms with Crippen LogP contribution in [-0.4, -0.2) is 27.7 Å². The van der Waals surface area contributed by atoms with E-state index in [9.17, 15) is 4.79 Å². The van der Waals surface area contributed by atoms with Crippen molar-refractivity contribution in [3.63, 3.8) is 0 Å². The fraction of sp³-hybridized carbons (Fsp3) is 0.0833. The van der Waals surface area contributed by atoms with E-state index >= 15 is 0 Å². The molecule has 0 aromatic carbocycles. The van der Waals surface area contributed by atoms with Gasteiger partial charge in [0.1, 0.15) is 5.82 Å². The number of thiophene rings is 1. The summed E-state index contributed by atoms with van der Waals surface area (Å²) >= 11 is 1.54. The van der Waals surface area contributed by atoms with Crippen molar-refractivity contribution in [2.75, 3.05) is 12.8 Å². The van der Waals surface area contributed by atoms with Crippen molar-refractivity contribution >= 4 is 28.8 Å². The van der Waals surface area contributed by atoms with Gasteiger partial charge >= 0.3 is 5.97 Å². The highest BCUT2D eigenvalue weighted by Crippen LogP contribution is 2.23. The van der Waals surface area contributed by atoms with Crippen molar-refractivity contribution in [1.29, 1.82) is 0 Å². The molecule has 0 fully saturated rings. The number of methoxy groups -OCH3 is 1. The Morgan fingerprint density at radius 1 is 1.47 bits per heavy atom. The van der Waals surface area contributed by atoms with Gasteiger partial charge in [0, 0.05) is 0 Å². The second-order valence-corrected chi connectivity index (χ2v) is 4.79. The van der Waals surface area contributed by atoms with Gasteiger partial charge in [0.15, 0.2) is 11.5 Å². The molecule has 96 valence electrons. The number of ether oxygens (including phenoxy) is 1. The lowest BCUT2D eigenvalue weighted by Gasteiger charge is -2.01. The van der Waals surface area contributed by atoms with Crippen molar-refractivity contribution in [3.8, 4) is 10.7 Å². The average molecular weight is 274 g/mol. The third kappa shape index (κ3) is 1.93. The van der Waals surface area contributed by atoms with Crippen LogP contribution in [0.15, 0.2) is 29.6 Å². The molecule has 0 unspecified atom stereocenters. The lowest BCUT2D eigenvalue weighted by atomic mass is 10.2. The molecular formula is C12H10N4O2S. The van der Waals surface area contributed by atoms with Crippen LogP contribution in [0.1, 0.15) is 10.4 Å². The number of carbonyl (C=O) groups is 1. The van der Waals surface area contributed by atoms with Gasteiger partial charge in [-0.15, -0.1) is 16.4 Å². The molecule has 0 aliphatic rings. The second-order valence-electron chi connectivity index (χ2n) is 3.84. The topological polar surface area (TPSA) is 82.5 Å². The minimum atomic E-state index is -0.449. The Morgan fingerprint density at radius 3 is 3.00 bits per heavy atom. The number of anilines is 1. The number of rotatable bonds is 2. The zero-order valence-corrected chi connectivity index (χ0v) is 10.8. The molecule has 3 heterocycles. The van der Waals surface area contributed by atoms with E-state index in [1.165, 1.54) is 17.7 Å². The van der Waals surface area contributed by atoms with E-state index in [4.69, 9.17) is 5.73 Å². The number of pyridine rings is 1. The molecule has 7 heteroatoms. The van der Waals surface area contributed by atoms with Crippen LogP contribution >= 0.6 is 11.3 Å². The first kappa shape index (κ1) is 11.7. The zero-order valence-electron chi connectivity index (χ0n) is 10.0. The van der Waals surface area contributed by atoms with Crippen LogP contribution in [0.2, 0.25) is 0 Å². The minimum absolute atomic E-state index is 0.341. The van der Waals surface area contributed by atoms with Crippen LogP contribution < -0.4 is 5.73 Å². The maximum absolute atomic E-state index is 11.5. The van der Waals surface area contributed by atoms with Gasteiger partial charge in [0.2, 0.25) is 0 Å². The first-order valence-corrected chi connectivity index (χ1v) is 6.35. The Hall–Kier alpha value is -2.41.